The number of hydrogen-bond acceptors (Lipinski definition) is 4. The molecular formula is C20H24IN5O2. The summed E-state index contributed by atoms with van der Waals surface area (Å²) >= 11 is 0. The van der Waals surface area contributed by atoms with E-state index in [1.165, 1.54) is 0 Å². The van der Waals surface area contributed by atoms with Crippen LogP contribution in [-0.2, 0) is 6.42 Å². The number of aromatic nitrogens is 2. The first-order valence-electron chi connectivity index (χ1n) is 9.07. The molecule has 1 unspecified atom stereocenters. The normalized spacial score (nSPS) is 15.8. The molecule has 28 heavy (non-hydrogen) atoms. The molecule has 0 amide bonds. The Balaban J connectivity index is 0.00000225. The van der Waals surface area contributed by atoms with Crippen molar-refractivity contribution in [1.29, 1.82) is 0 Å². The summed E-state index contributed by atoms with van der Waals surface area (Å²) in [5.74, 6) is 2.32. The third-order valence-corrected chi connectivity index (χ3v) is 4.38. The van der Waals surface area contributed by atoms with E-state index in [9.17, 15) is 0 Å². The third kappa shape index (κ3) is 4.86. The summed E-state index contributed by atoms with van der Waals surface area (Å²) in [6.07, 6.45) is 4.82. The fourth-order valence-electron chi connectivity index (χ4n) is 3.01. The van der Waals surface area contributed by atoms with Gasteiger partial charge < -0.3 is 24.5 Å². The molecule has 7 nitrogen and oxygen atoms in total. The summed E-state index contributed by atoms with van der Waals surface area (Å²) in [4.78, 5) is 8.87. The lowest BCUT2D eigenvalue weighted by atomic mass is 10.2. The van der Waals surface area contributed by atoms with E-state index in [0.717, 1.165) is 41.8 Å². The number of benzene rings is 1. The second kappa shape index (κ2) is 9.63. The van der Waals surface area contributed by atoms with Crippen molar-refractivity contribution in [3.05, 3.63) is 60.6 Å². The van der Waals surface area contributed by atoms with Crippen LogP contribution in [0.15, 0.2) is 59.9 Å². The van der Waals surface area contributed by atoms with Crippen LogP contribution in [0.4, 0.5) is 0 Å². The van der Waals surface area contributed by atoms with E-state index < -0.39 is 0 Å². The summed E-state index contributed by atoms with van der Waals surface area (Å²) in [5.41, 5.74) is 2.01. The van der Waals surface area contributed by atoms with Crippen LogP contribution in [0.2, 0.25) is 0 Å². The first-order valence-corrected chi connectivity index (χ1v) is 9.07. The Labute approximate surface area is 181 Å². The maximum atomic E-state index is 5.95. The van der Waals surface area contributed by atoms with E-state index in [1.807, 2.05) is 53.1 Å². The minimum Gasteiger partial charge on any atom is -0.486 e. The number of imidazole rings is 1. The van der Waals surface area contributed by atoms with Crippen LogP contribution >= 0.6 is 24.0 Å². The summed E-state index contributed by atoms with van der Waals surface area (Å²) in [6, 6.07) is 13.7. The Morgan fingerprint density at radius 3 is 2.82 bits per heavy atom. The van der Waals surface area contributed by atoms with Crippen molar-refractivity contribution in [1.82, 2.24) is 20.0 Å². The molecule has 0 fully saturated rings. The van der Waals surface area contributed by atoms with Crippen molar-refractivity contribution in [2.75, 3.05) is 26.7 Å². The SMILES string of the molecule is CN=C(NCCc1cn2ccccc2n1)NCC1COc2ccccc2O1.I. The molecule has 2 N–H and O–H groups in total. The second-order valence-corrected chi connectivity index (χ2v) is 6.33. The van der Waals surface area contributed by atoms with Crippen molar-refractivity contribution >= 4 is 35.6 Å². The van der Waals surface area contributed by atoms with Crippen molar-refractivity contribution < 1.29 is 9.47 Å². The topological polar surface area (TPSA) is 72.2 Å². The van der Waals surface area contributed by atoms with E-state index in [-0.39, 0.29) is 30.1 Å². The van der Waals surface area contributed by atoms with Crippen LogP contribution in [0.3, 0.4) is 0 Å². The molecule has 0 bridgehead atoms. The summed E-state index contributed by atoms with van der Waals surface area (Å²) in [6.45, 7) is 1.87. The fraction of sp³-hybridized carbons (Fsp3) is 0.300. The summed E-state index contributed by atoms with van der Waals surface area (Å²) in [5, 5.41) is 6.61. The lowest BCUT2D eigenvalue weighted by Crippen LogP contribution is -2.45. The molecule has 0 saturated carbocycles. The monoisotopic (exact) mass is 493 g/mol. The maximum Gasteiger partial charge on any atom is 0.191 e. The number of rotatable bonds is 5. The zero-order valence-corrected chi connectivity index (χ0v) is 18.0. The highest BCUT2D eigenvalue weighted by Gasteiger charge is 2.20. The highest BCUT2D eigenvalue weighted by Crippen LogP contribution is 2.30. The van der Waals surface area contributed by atoms with Gasteiger partial charge >= 0.3 is 0 Å². The number of nitrogens with one attached hydrogen (secondary N) is 2. The van der Waals surface area contributed by atoms with Crippen molar-refractivity contribution in [3.63, 3.8) is 0 Å². The zero-order chi connectivity index (χ0) is 18.5. The molecule has 0 aliphatic carbocycles. The fourth-order valence-corrected chi connectivity index (χ4v) is 3.01. The lowest BCUT2D eigenvalue weighted by molar-refractivity contribution is 0.0936. The molecule has 0 spiro atoms. The predicted molar refractivity (Wildman–Crippen MR) is 120 cm³/mol. The number of guanidine groups is 1. The standard InChI is InChI=1S/C20H23N5O2.HI/c1-21-20(22-10-9-15-13-25-11-5-4-8-19(25)24-15)23-12-16-14-26-17-6-2-3-7-18(17)27-16;/h2-8,11,13,16H,9-10,12,14H2,1H3,(H2,21,22,23);1H. The van der Waals surface area contributed by atoms with Crippen molar-refractivity contribution in [2.45, 2.75) is 12.5 Å². The molecule has 0 radical (unpaired) electrons. The average Bonchev–Trinajstić information content (AvgIpc) is 3.13. The second-order valence-electron chi connectivity index (χ2n) is 6.33. The minimum absolute atomic E-state index is 0. The number of halogens is 1. The van der Waals surface area contributed by atoms with Crippen LogP contribution in [0.5, 0.6) is 11.5 Å². The maximum absolute atomic E-state index is 5.95. The molecule has 148 valence electrons. The van der Waals surface area contributed by atoms with E-state index in [2.05, 4.69) is 26.8 Å². The van der Waals surface area contributed by atoms with Gasteiger partial charge in [-0.1, -0.05) is 18.2 Å². The Morgan fingerprint density at radius 2 is 2.00 bits per heavy atom. The number of fused-ring (bicyclic) bond motifs is 2. The number of nitrogens with zero attached hydrogens (tertiary/aromatic N) is 3. The van der Waals surface area contributed by atoms with Crippen LogP contribution in [0.1, 0.15) is 5.69 Å². The van der Waals surface area contributed by atoms with Gasteiger partial charge in [-0.2, -0.15) is 0 Å². The summed E-state index contributed by atoms with van der Waals surface area (Å²) in [7, 11) is 1.76. The van der Waals surface area contributed by atoms with Crippen LogP contribution in [0.25, 0.3) is 5.65 Å². The van der Waals surface area contributed by atoms with Crippen LogP contribution in [0, 0.1) is 0 Å². The number of para-hydroxylation sites is 2. The molecule has 1 atom stereocenters. The first kappa shape index (κ1) is 20.2. The molecule has 1 aromatic carbocycles. The van der Waals surface area contributed by atoms with E-state index in [0.29, 0.717) is 13.2 Å². The minimum atomic E-state index is -0.0584. The van der Waals surface area contributed by atoms with Gasteiger partial charge in [-0.15, -0.1) is 24.0 Å². The Bertz CT molecular complexity index is 910. The van der Waals surface area contributed by atoms with Gasteiger partial charge in [0.25, 0.3) is 0 Å². The average molecular weight is 493 g/mol. The molecule has 2 aromatic heterocycles. The summed E-state index contributed by atoms with van der Waals surface area (Å²) < 4.78 is 13.7. The van der Waals surface area contributed by atoms with Gasteiger partial charge in [-0.3, -0.25) is 4.99 Å². The number of ether oxygens (including phenoxy) is 2. The molecule has 1 aliphatic rings. The molecule has 4 rings (SSSR count). The molecule has 0 saturated heterocycles. The van der Waals surface area contributed by atoms with Gasteiger partial charge in [0.2, 0.25) is 0 Å². The van der Waals surface area contributed by atoms with Gasteiger partial charge in [0.1, 0.15) is 18.4 Å². The number of aliphatic imine (C=N–C) groups is 1. The van der Waals surface area contributed by atoms with Gasteiger partial charge in [0, 0.05) is 32.4 Å². The van der Waals surface area contributed by atoms with Gasteiger partial charge in [-0.05, 0) is 24.3 Å². The van der Waals surface area contributed by atoms with Crippen LogP contribution in [-0.4, -0.2) is 48.2 Å². The Kier molecular flexibility index (Phi) is 6.96. The first-order chi connectivity index (χ1) is 13.3. The molecule has 3 heterocycles. The Morgan fingerprint density at radius 1 is 1.18 bits per heavy atom. The van der Waals surface area contributed by atoms with Crippen molar-refractivity contribution in [2.24, 2.45) is 4.99 Å². The quantitative estimate of drug-likeness (QED) is 0.325. The molecule has 1 aliphatic heterocycles. The van der Waals surface area contributed by atoms with Crippen molar-refractivity contribution in [3.8, 4) is 11.5 Å². The smallest absolute Gasteiger partial charge is 0.191 e. The third-order valence-electron chi connectivity index (χ3n) is 4.38. The molecular weight excluding hydrogens is 469 g/mol. The molecule has 3 aromatic rings. The Hall–Kier alpha value is -2.49. The molecule has 8 heteroatoms. The lowest BCUT2D eigenvalue weighted by Gasteiger charge is -2.27. The number of hydrogen-bond donors (Lipinski definition) is 2. The highest BCUT2D eigenvalue weighted by molar-refractivity contribution is 14.0. The van der Waals surface area contributed by atoms with E-state index in [4.69, 9.17) is 9.47 Å². The van der Waals surface area contributed by atoms with Gasteiger partial charge in [0.15, 0.2) is 17.5 Å². The van der Waals surface area contributed by atoms with E-state index >= 15 is 0 Å². The predicted octanol–water partition coefficient (Wildman–Crippen LogP) is 2.50. The largest absolute Gasteiger partial charge is 0.486 e. The van der Waals surface area contributed by atoms with E-state index in [1.54, 1.807) is 7.05 Å². The van der Waals surface area contributed by atoms with Gasteiger partial charge in [0.05, 0.1) is 12.2 Å². The van der Waals surface area contributed by atoms with Gasteiger partial charge in [-0.25, -0.2) is 4.98 Å². The number of pyridine rings is 1. The van der Waals surface area contributed by atoms with Crippen LogP contribution < -0.4 is 20.1 Å². The zero-order valence-electron chi connectivity index (χ0n) is 15.7. The highest BCUT2D eigenvalue weighted by atomic mass is 127.